The fourth-order valence-electron chi connectivity index (χ4n) is 1.93. The number of carbonyl (C=O) groups is 1. The highest BCUT2D eigenvalue weighted by molar-refractivity contribution is 7.15. The van der Waals surface area contributed by atoms with Gasteiger partial charge in [-0.15, -0.1) is 11.3 Å². The van der Waals surface area contributed by atoms with Crippen molar-refractivity contribution in [3.8, 4) is 0 Å². The van der Waals surface area contributed by atoms with Crippen LogP contribution in [0.5, 0.6) is 0 Å². The summed E-state index contributed by atoms with van der Waals surface area (Å²) in [6.07, 6.45) is 1.58. The number of hydrogen-bond donors (Lipinski definition) is 1. The van der Waals surface area contributed by atoms with E-state index in [0.29, 0.717) is 10.8 Å². The van der Waals surface area contributed by atoms with E-state index in [4.69, 9.17) is 10.5 Å². The van der Waals surface area contributed by atoms with E-state index in [1.54, 1.807) is 0 Å². The average Bonchev–Trinajstić information content (AvgIpc) is 2.77. The number of anilines is 1. The first-order valence-corrected chi connectivity index (χ1v) is 7.69. The first-order valence-electron chi connectivity index (χ1n) is 6.87. The maximum Gasteiger partial charge on any atom is 0.358 e. The number of aryl methyl sites for hydroxylation is 2. The first-order chi connectivity index (χ1) is 9.85. The third kappa shape index (κ3) is 4.56. The largest absolute Gasteiger partial charge is 0.455 e. The van der Waals surface area contributed by atoms with Gasteiger partial charge in [-0.1, -0.05) is 30.3 Å². The Balaban J connectivity index is 2.11. The van der Waals surface area contributed by atoms with Crippen LogP contribution in [0.25, 0.3) is 0 Å². The number of hydrogen-bond acceptors (Lipinski definition) is 5. The quantitative estimate of drug-likeness (QED) is 0.878. The van der Waals surface area contributed by atoms with Crippen LogP contribution in [0.2, 0.25) is 0 Å². The maximum absolute atomic E-state index is 12.2. The third-order valence-corrected chi connectivity index (χ3v) is 3.73. The molecule has 0 aliphatic carbocycles. The Morgan fingerprint density at radius 1 is 1.24 bits per heavy atom. The number of carbonyl (C=O) groups excluding carboxylic acids is 1. The Kier molecular flexibility index (Phi) is 4.63. The summed E-state index contributed by atoms with van der Waals surface area (Å²) in [6, 6.07) is 10.1. The van der Waals surface area contributed by atoms with E-state index in [0.717, 1.165) is 17.7 Å². The summed E-state index contributed by atoms with van der Waals surface area (Å²) in [5, 5.41) is 0.402. The van der Waals surface area contributed by atoms with Crippen LogP contribution < -0.4 is 5.73 Å². The molecule has 0 atom stereocenters. The van der Waals surface area contributed by atoms with Gasteiger partial charge in [0, 0.05) is 4.88 Å². The van der Waals surface area contributed by atoms with Crippen LogP contribution >= 0.6 is 11.3 Å². The normalized spacial score (nSPS) is 11.4. The summed E-state index contributed by atoms with van der Waals surface area (Å²) in [5.74, 6) is -0.404. The molecular formula is C16H20N2O2S. The van der Waals surface area contributed by atoms with Crippen molar-refractivity contribution in [2.75, 3.05) is 5.73 Å². The molecule has 21 heavy (non-hydrogen) atoms. The van der Waals surface area contributed by atoms with E-state index >= 15 is 0 Å². The van der Waals surface area contributed by atoms with Crippen molar-refractivity contribution in [2.45, 2.75) is 39.2 Å². The monoisotopic (exact) mass is 304 g/mol. The summed E-state index contributed by atoms with van der Waals surface area (Å²) in [7, 11) is 0. The molecule has 1 aromatic heterocycles. The highest BCUT2D eigenvalue weighted by Gasteiger charge is 2.23. The molecule has 0 bridgehead atoms. The van der Waals surface area contributed by atoms with Crippen LogP contribution in [0, 0.1) is 0 Å². The van der Waals surface area contributed by atoms with Crippen molar-refractivity contribution in [3.63, 3.8) is 0 Å². The van der Waals surface area contributed by atoms with Crippen molar-refractivity contribution in [1.82, 2.24) is 4.98 Å². The molecule has 0 aliphatic heterocycles. The van der Waals surface area contributed by atoms with Crippen LogP contribution in [-0.4, -0.2) is 16.6 Å². The Bertz CT molecular complexity index is 615. The predicted octanol–water partition coefficient (Wildman–Crippen LogP) is 3.47. The molecule has 2 rings (SSSR count). The lowest BCUT2D eigenvalue weighted by Crippen LogP contribution is -2.24. The van der Waals surface area contributed by atoms with E-state index in [1.807, 2.05) is 39.0 Å². The van der Waals surface area contributed by atoms with Gasteiger partial charge < -0.3 is 10.5 Å². The molecule has 1 aromatic carbocycles. The van der Waals surface area contributed by atoms with E-state index in [1.165, 1.54) is 16.9 Å². The lowest BCUT2D eigenvalue weighted by molar-refractivity contribution is 0.00627. The Hall–Kier alpha value is -1.88. The van der Waals surface area contributed by atoms with E-state index in [2.05, 4.69) is 17.1 Å². The minimum atomic E-state index is -0.536. The van der Waals surface area contributed by atoms with Crippen molar-refractivity contribution in [2.24, 2.45) is 0 Å². The van der Waals surface area contributed by atoms with Crippen LogP contribution in [-0.2, 0) is 17.6 Å². The number of nitrogens with two attached hydrogens (primary N) is 1. The number of aromatic nitrogens is 1. The molecule has 0 saturated carbocycles. The molecule has 2 N–H and O–H groups in total. The van der Waals surface area contributed by atoms with Crippen LogP contribution in [0.4, 0.5) is 5.13 Å². The maximum atomic E-state index is 12.2. The van der Waals surface area contributed by atoms with Crippen molar-refractivity contribution in [1.29, 1.82) is 0 Å². The molecule has 2 aromatic rings. The molecule has 0 amide bonds. The zero-order valence-corrected chi connectivity index (χ0v) is 13.4. The van der Waals surface area contributed by atoms with Crippen LogP contribution in [0.15, 0.2) is 30.3 Å². The molecule has 4 nitrogen and oxygen atoms in total. The smallest absolute Gasteiger partial charge is 0.358 e. The molecule has 112 valence electrons. The Morgan fingerprint density at radius 2 is 1.90 bits per heavy atom. The topological polar surface area (TPSA) is 65.2 Å². The summed E-state index contributed by atoms with van der Waals surface area (Å²) in [6.45, 7) is 5.51. The van der Waals surface area contributed by atoms with Crippen LogP contribution in [0.1, 0.15) is 41.7 Å². The summed E-state index contributed by atoms with van der Waals surface area (Å²) in [4.78, 5) is 17.2. The molecule has 0 spiro atoms. The minimum absolute atomic E-state index is 0.350. The highest BCUT2D eigenvalue weighted by Crippen LogP contribution is 2.24. The summed E-state index contributed by atoms with van der Waals surface area (Å²) < 4.78 is 5.38. The fraction of sp³-hybridized carbons (Fsp3) is 0.375. The lowest BCUT2D eigenvalue weighted by Gasteiger charge is -2.19. The second kappa shape index (κ2) is 6.26. The Morgan fingerprint density at radius 3 is 2.52 bits per heavy atom. The zero-order chi connectivity index (χ0) is 15.5. The van der Waals surface area contributed by atoms with E-state index in [9.17, 15) is 4.79 Å². The number of nitrogen functional groups attached to an aromatic ring is 1. The molecule has 0 fully saturated rings. The van der Waals surface area contributed by atoms with Crippen molar-refractivity contribution in [3.05, 3.63) is 46.5 Å². The van der Waals surface area contributed by atoms with Gasteiger partial charge in [0.15, 0.2) is 10.8 Å². The number of ether oxygens (including phenoxy) is 1. The number of thiazole rings is 1. The fourth-order valence-corrected chi connectivity index (χ4v) is 2.75. The Labute approximate surface area is 129 Å². The van der Waals surface area contributed by atoms with E-state index in [-0.39, 0.29) is 0 Å². The van der Waals surface area contributed by atoms with Gasteiger partial charge >= 0.3 is 5.97 Å². The summed E-state index contributed by atoms with van der Waals surface area (Å²) in [5.41, 5.74) is 6.79. The average molecular weight is 304 g/mol. The third-order valence-electron chi connectivity index (χ3n) is 2.79. The van der Waals surface area contributed by atoms with Gasteiger partial charge in [0.05, 0.1) is 0 Å². The van der Waals surface area contributed by atoms with Crippen molar-refractivity contribution >= 4 is 22.4 Å². The van der Waals surface area contributed by atoms with Gasteiger partial charge in [0.2, 0.25) is 0 Å². The minimum Gasteiger partial charge on any atom is -0.455 e. The molecular weight excluding hydrogens is 284 g/mol. The number of benzene rings is 1. The zero-order valence-electron chi connectivity index (χ0n) is 12.6. The van der Waals surface area contributed by atoms with E-state index < -0.39 is 11.6 Å². The van der Waals surface area contributed by atoms with Crippen LogP contribution in [0.3, 0.4) is 0 Å². The first kappa shape index (κ1) is 15.5. The number of nitrogens with zero attached hydrogens (tertiary/aromatic N) is 1. The molecule has 0 saturated heterocycles. The van der Waals surface area contributed by atoms with Gasteiger partial charge in [0.1, 0.15) is 5.60 Å². The standard InChI is InChI=1S/C16H20N2O2S/c1-16(2,3)20-14(19)13-12(21-15(17)18-13)10-9-11-7-5-4-6-8-11/h4-8H,9-10H2,1-3H3,(H2,17,18). The SMILES string of the molecule is CC(C)(C)OC(=O)c1nc(N)sc1CCc1ccccc1. The van der Waals surface area contributed by atoms with Gasteiger partial charge in [-0.3, -0.25) is 0 Å². The molecule has 0 aliphatic rings. The number of esters is 1. The van der Waals surface area contributed by atoms with Gasteiger partial charge in [-0.25, -0.2) is 9.78 Å². The van der Waals surface area contributed by atoms with Gasteiger partial charge in [-0.05, 0) is 39.2 Å². The van der Waals surface area contributed by atoms with Gasteiger partial charge in [-0.2, -0.15) is 0 Å². The molecule has 0 unspecified atom stereocenters. The molecule has 5 heteroatoms. The van der Waals surface area contributed by atoms with Gasteiger partial charge in [0.25, 0.3) is 0 Å². The molecule has 1 heterocycles. The number of rotatable bonds is 4. The highest BCUT2D eigenvalue weighted by atomic mass is 32.1. The second-order valence-corrected chi connectivity index (χ2v) is 6.93. The second-order valence-electron chi connectivity index (χ2n) is 5.81. The van der Waals surface area contributed by atoms with Crippen molar-refractivity contribution < 1.29 is 9.53 Å². The predicted molar refractivity (Wildman–Crippen MR) is 85.5 cm³/mol. The summed E-state index contributed by atoms with van der Waals surface area (Å²) >= 11 is 1.35. The molecule has 0 radical (unpaired) electrons. The lowest BCUT2D eigenvalue weighted by atomic mass is 10.1.